The lowest BCUT2D eigenvalue weighted by Crippen LogP contribution is -2.59. The number of hydrogen-bond acceptors (Lipinski definition) is 5. The number of hydrogen-bond donors (Lipinski definition) is 0. The first-order valence-electron chi connectivity index (χ1n) is 22.9. The molecule has 314 valence electrons. The van der Waals surface area contributed by atoms with Crippen molar-refractivity contribution in [3.05, 3.63) is 249 Å². The van der Waals surface area contributed by atoms with Crippen LogP contribution in [0.4, 0.5) is 51.2 Å². The molecule has 4 heterocycles. The molecule has 4 aliphatic heterocycles. The van der Waals surface area contributed by atoms with E-state index in [1.807, 2.05) is 6.07 Å². The molecular weight excluding hydrogens is 816 g/mol. The molecule has 67 heavy (non-hydrogen) atoms. The van der Waals surface area contributed by atoms with Crippen LogP contribution < -0.4 is 57.0 Å². The molecular formula is C60H41B2N3O2. The largest absolute Gasteiger partial charge is 0.458 e. The van der Waals surface area contributed by atoms with Gasteiger partial charge in [0.25, 0.3) is 13.4 Å². The summed E-state index contributed by atoms with van der Waals surface area (Å²) in [7, 11) is 0. The predicted octanol–water partition coefficient (Wildman–Crippen LogP) is 11.7. The average molecular weight is 858 g/mol. The normalized spacial score (nSPS) is 12.9. The molecule has 0 saturated heterocycles. The van der Waals surface area contributed by atoms with E-state index in [2.05, 4.69) is 257 Å². The zero-order valence-electron chi connectivity index (χ0n) is 36.5. The van der Waals surface area contributed by atoms with Crippen molar-refractivity contribution in [3.63, 3.8) is 0 Å². The maximum Gasteiger partial charge on any atom is 0.256 e. The van der Waals surface area contributed by atoms with Crippen molar-refractivity contribution in [2.45, 2.75) is 0 Å². The van der Waals surface area contributed by atoms with Gasteiger partial charge in [0.15, 0.2) is 0 Å². The Balaban J connectivity index is 0.000000143. The number of benzene rings is 10. The van der Waals surface area contributed by atoms with E-state index in [0.29, 0.717) is 0 Å². The summed E-state index contributed by atoms with van der Waals surface area (Å²) in [5.74, 6) is 3.71. The Kier molecular flexibility index (Phi) is 9.31. The van der Waals surface area contributed by atoms with Crippen molar-refractivity contribution in [1.82, 2.24) is 0 Å². The second kappa shape index (κ2) is 16.1. The minimum absolute atomic E-state index is 0.0852. The third-order valence-corrected chi connectivity index (χ3v) is 13.4. The summed E-state index contributed by atoms with van der Waals surface area (Å²) in [6, 6.07) is 87.5. The van der Waals surface area contributed by atoms with Crippen LogP contribution in [-0.2, 0) is 0 Å². The smallest absolute Gasteiger partial charge is 0.256 e. The highest BCUT2D eigenvalue weighted by molar-refractivity contribution is 7.00. The van der Waals surface area contributed by atoms with E-state index in [1.165, 1.54) is 49.8 Å². The van der Waals surface area contributed by atoms with E-state index in [9.17, 15) is 0 Å². The van der Waals surface area contributed by atoms with Crippen LogP contribution in [0.3, 0.4) is 0 Å². The Morgan fingerprint density at radius 1 is 0.284 bits per heavy atom. The lowest BCUT2D eigenvalue weighted by molar-refractivity contribution is 0.487. The molecule has 0 fully saturated rings. The van der Waals surface area contributed by atoms with Crippen LogP contribution in [0.1, 0.15) is 0 Å². The summed E-state index contributed by atoms with van der Waals surface area (Å²) in [6.07, 6.45) is 0. The molecule has 0 saturated carbocycles. The third-order valence-electron chi connectivity index (χ3n) is 13.4. The quantitative estimate of drug-likeness (QED) is 0.161. The second-order valence-corrected chi connectivity index (χ2v) is 17.2. The summed E-state index contributed by atoms with van der Waals surface area (Å²) in [6.45, 7) is 0.277. The van der Waals surface area contributed by atoms with Crippen molar-refractivity contribution >= 4 is 97.4 Å². The predicted molar refractivity (Wildman–Crippen MR) is 279 cm³/mol. The Morgan fingerprint density at radius 2 is 0.672 bits per heavy atom. The molecule has 10 aromatic rings. The van der Waals surface area contributed by atoms with Gasteiger partial charge < -0.3 is 24.2 Å². The standard InChI is InChI=1S/C36H25BN2O.C24H16BNO/c1-4-13-26(14-5-1)38(27-15-6-2-7-16-27)29-23-24-31-35(25-29)40-34-22-12-21-33-36(34)37(31)30-19-10-11-20-32(30)39(33)28-17-8-3-9-18-28;1-2-9-17(10-3-1)26-20-13-6-4-11-18(20)25-19-12-5-7-15-22(19)27-23-16-8-14-21(26)24(23)25/h1-25H;1-16H. The first-order valence-corrected chi connectivity index (χ1v) is 22.9. The summed E-state index contributed by atoms with van der Waals surface area (Å²) in [5.41, 5.74) is 17.9. The van der Waals surface area contributed by atoms with E-state index in [1.54, 1.807) is 0 Å². The third kappa shape index (κ3) is 6.42. The fraction of sp³-hybridized carbons (Fsp3) is 0. The van der Waals surface area contributed by atoms with Gasteiger partial charge in [-0.2, -0.15) is 0 Å². The van der Waals surface area contributed by atoms with Gasteiger partial charge in [0.1, 0.15) is 23.0 Å². The van der Waals surface area contributed by atoms with E-state index >= 15 is 0 Å². The second-order valence-electron chi connectivity index (χ2n) is 17.2. The van der Waals surface area contributed by atoms with Crippen LogP contribution in [0.5, 0.6) is 23.0 Å². The van der Waals surface area contributed by atoms with Gasteiger partial charge in [0.2, 0.25) is 0 Å². The molecule has 0 spiro atoms. The van der Waals surface area contributed by atoms with Crippen molar-refractivity contribution in [2.75, 3.05) is 14.7 Å². The van der Waals surface area contributed by atoms with Gasteiger partial charge in [-0.3, -0.25) is 0 Å². The van der Waals surface area contributed by atoms with E-state index in [0.717, 1.165) is 57.1 Å². The lowest BCUT2D eigenvalue weighted by atomic mass is 9.34. The van der Waals surface area contributed by atoms with Gasteiger partial charge >= 0.3 is 0 Å². The fourth-order valence-electron chi connectivity index (χ4n) is 10.7. The van der Waals surface area contributed by atoms with Crippen LogP contribution >= 0.6 is 0 Å². The highest BCUT2D eigenvalue weighted by atomic mass is 16.5. The maximum absolute atomic E-state index is 6.73. The maximum atomic E-state index is 6.73. The highest BCUT2D eigenvalue weighted by Crippen LogP contribution is 2.43. The molecule has 0 atom stereocenters. The molecule has 5 nitrogen and oxygen atoms in total. The first kappa shape index (κ1) is 38.8. The zero-order valence-corrected chi connectivity index (χ0v) is 36.5. The highest BCUT2D eigenvalue weighted by Gasteiger charge is 2.43. The molecule has 7 heteroatoms. The van der Waals surface area contributed by atoms with Crippen LogP contribution in [0.2, 0.25) is 0 Å². The van der Waals surface area contributed by atoms with Gasteiger partial charge in [-0.05, 0) is 130 Å². The van der Waals surface area contributed by atoms with Gasteiger partial charge in [0.05, 0.1) is 0 Å². The molecule has 0 amide bonds. The Bertz CT molecular complexity index is 3420. The topological polar surface area (TPSA) is 28.2 Å². The zero-order chi connectivity index (χ0) is 44.3. The molecule has 10 aromatic carbocycles. The number of ether oxygens (including phenoxy) is 2. The fourth-order valence-corrected chi connectivity index (χ4v) is 10.7. The number of anilines is 9. The van der Waals surface area contributed by atoms with Gasteiger partial charge in [-0.25, -0.2) is 0 Å². The SMILES string of the molecule is c1ccc(N(c2ccccc2)c2ccc3c(c2)Oc2cccc4c2B3c2ccccc2N4c2ccccc2)cc1.c1ccc(N2c3ccccc3B3c4ccccc4Oc4cccc2c43)cc1. The van der Waals surface area contributed by atoms with E-state index in [4.69, 9.17) is 9.47 Å². The molecule has 0 aromatic heterocycles. The summed E-state index contributed by atoms with van der Waals surface area (Å²) in [4.78, 5) is 6.99. The summed E-state index contributed by atoms with van der Waals surface area (Å²) < 4.78 is 13.0. The number of para-hydroxylation sites is 7. The number of nitrogens with zero attached hydrogens (tertiary/aromatic N) is 3. The van der Waals surface area contributed by atoms with Crippen molar-refractivity contribution in [2.24, 2.45) is 0 Å². The monoisotopic (exact) mass is 857 g/mol. The number of fused-ring (bicyclic) bond motifs is 8. The molecule has 0 unspecified atom stereocenters. The molecule has 0 aliphatic carbocycles. The van der Waals surface area contributed by atoms with Gasteiger partial charge in [0, 0.05) is 57.3 Å². The Labute approximate surface area is 391 Å². The summed E-state index contributed by atoms with van der Waals surface area (Å²) in [5, 5.41) is 0. The van der Waals surface area contributed by atoms with E-state index < -0.39 is 0 Å². The van der Waals surface area contributed by atoms with Gasteiger partial charge in [-0.15, -0.1) is 0 Å². The van der Waals surface area contributed by atoms with Crippen LogP contribution in [0, 0.1) is 0 Å². The average Bonchev–Trinajstić information content (AvgIpc) is 3.40. The molecule has 14 rings (SSSR count). The van der Waals surface area contributed by atoms with Crippen LogP contribution in [0.15, 0.2) is 249 Å². The van der Waals surface area contributed by atoms with Gasteiger partial charge in [-0.1, -0.05) is 146 Å². The first-order chi connectivity index (χ1) is 33.3. The molecule has 0 N–H and O–H groups in total. The minimum atomic E-state index is 0.0852. The van der Waals surface area contributed by atoms with Crippen molar-refractivity contribution in [3.8, 4) is 23.0 Å². The Hall–Kier alpha value is -8.67. The Morgan fingerprint density at radius 3 is 1.19 bits per heavy atom. The molecule has 0 radical (unpaired) electrons. The van der Waals surface area contributed by atoms with Crippen LogP contribution in [0.25, 0.3) is 0 Å². The minimum Gasteiger partial charge on any atom is -0.458 e. The van der Waals surface area contributed by atoms with E-state index in [-0.39, 0.29) is 13.4 Å². The number of rotatable bonds is 5. The van der Waals surface area contributed by atoms with Crippen molar-refractivity contribution < 1.29 is 9.47 Å². The van der Waals surface area contributed by atoms with Crippen molar-refractivity contribution in [1.29, 1.82) is 0 Å². The lowest BCUT2D eigenvalue weighted by Gasteiger charge is -2.40. The summed E-state index contributed by atoms with van der Waals surface area (Å²) >= 11 is 0. The van der Waals surface area contributed by atoms with Crippen LogP contribution in [-0.4, -0.2) is 13.4 Å². The molecule has 0 bridgehead atoms. The molecule has 4 aliphatic rings.